The average Bonchev–Trinajstić information content (AvgIpc) is 3.46. The Labute approximate surface area is 184 Å². The van der Waals surface area contributed by atoms with Gasteiger partial charge in [-0.25, -0.2) is 9.97 Å². The molecule has 4 rings (SSSR count). The fraction of sp³-hybridized carbons (Fsp3) is 0.174. The largest absolute Gasteiger partial charge is 0.336 e. The highest BCUT2D eigenvalue weighted by Gasteiger charge is 2.30. The van der Waals surface area contributed by atoms with Crippen molar-refractivity contribution in [2.75, 3.05) is 0 Å². The summed E-state index contributed by atoms with van der Waals surface area (Å²) in [4.78, 5) is 22.2. The fourth-order valence-electron chi connectivity index (χ4n) is 3.56. The lowest BCUT2D eigenvalue weighted by Crippen LogP contribution is -2.27. The first-order chi connectivity index (χ1) is 14.6. The van der Waals surface area contributed by atoms with E-state index < -0.39 is 0 Å². The van der Waals surface area contributed by atoms with E-state index in [1.807, 2.05) is 70.1 Å². The van der Waals surface area contributed by atoms with Crippen LogP contribution in [0.4, 0.5) is 0 Å². The highest BCUT2D eigenvalue weighted by molar-refractivity contribution is 6.30. The van der Waals surface area contributed by atoms with Gasteiger partial charge in [-0.3, -0.25) is 4.79 Å². The quantitative estimate of drug-likeness (QED) is 0.378. The molecule has 2 aromatic heterocycles. The van der Waals surface area contributed by atoms with Gasteiger partial charge in [0.2, 0.25) is 0 Å². The summed E-state index contributed by atoms with van der Waals surface area (Å²) in [6.45, 7) is 0.989. The van der Waals surface area contributed by atoms with E-state index in [9.17, 15) is 4.79 Å². The number of imidazole rings is 2. The Balaban J connectivity index is 1.72. The first kappa shape index (κ1) is 20.4. The topological polar surface area (TPSA) is 52.7 Å². The number of ketones is 1. The SMILES string of the molecule is O=C(C(Cn1ccnc1)c1ccc(Cl)cc1)C(Cn1ccnc1)c1ccc(Cl)cc1. The van der Waals surface area contributed by atoms with E-state index in [0.717, 1.165) is 11.1 Å². The second-order valence-corrected chi connectivity index (χ2v) is 8.00. The predicted octanol–water partition coefficient (Wildman–Crippen LogP) is 5.22. The fourth-order valence-corrected chi connectivity index (χ4v) is 3.82. The number of carbonyl (C=O) groups excluding carboxylic acids is 1. The summed E-state index contributed by atoms with van der Waals surface area (Å²) in [5, 5.41) is 1.28. The number of hydrogen-bond acceptors (Lipinski definition) is 3. The first-order valence-electron chi connectivity index (χ1n) is 9.56. The van der Waals surface area contributed by atoms with Crippen LogP contribution in [0.15, 0.2) is 86.0 Å². The van der Waals surface area contributed by atoms with E-state index in [1.54, 1.807) is 25.0 Å². The summed E-state index contributed by atoms with van der Waals surface area (Å²) in [6.07, 6.45) is 10.6. The van der Waals surface area contributed by atoms with Crippen molar-refractivity contribution in [1.82, 2.24) is 19.1 Å². The Morgan fingerprint density at radius 3 is 1.47 bits per heavy atom. The van der Waals surface area contributed by atoms with Gasteiger partial charge in [0.15, 0.2) is 5.78 Å². The molecular formula is C23H20Cl2N4O. The summed E-state index contributed by atoms with van der Waals surface area (Å²) in [7, 11) is 0. The Morgan fingerprint density at radius 1 is 0.733 bits per heavy atom. The van der Waals surface area contributed by atoms with Crippen LogP contribution in [0.5, 0.6) is 0 Å². The molecule has 2 unspecified atom stereocenters. The Hall–Kier alpha value is -2.89. The van der Waals surface area contributed by atoms with Crippen molar-refractivity contribution >= 4 is 29.0 Å². The van der Waals surface area contributed by atoms with Crippen LogP contribution in [0.1, 0.15) is 23.0 Å². The number of carbonyl (C=O) groups is 1. The molecule has 0 aliphatic heterocycles. The molecule has 152 valence electrons. The molecular weight excluding hydrogens is 419 g/mol. The van der Waals surface area contributed by atoms with Gasteiger partial charge < -0.3 is 9.13 Å². The molecule has 2 heterocycles. The van der Waals surface area contributed by atoms with Crippen molar-refractivity contribution in [3.63, 3.8) is 0 Å². The third-order valence-corrected chi connectivity index (χ3v) is 5.64. The van der Waals surface area contributed by atoms with Gasteiger partial charge in [-0.2, -0.15) is 0 Å². The molecule has 0 N–H and O–H groups in total. The molecule has 2 aromatic carbocycles. The van der Waals surface area contributed by atoms with Crippen molar-refractivity contribution in [2.24, 2.45) is 0 Å². The second-order valence-electron chi connectivity index (χ2n) is 7.13. The third kappa shape index (κ3) is 4.81. The maximum absolute atomic E-state index is 13.9. The highest BCUT2D eigenvalue weighted by Crippen LogP contribution is 2.31. The molecule has 0 saturated carbocycles. The lowest BCUT2D eigenvalue weighted by Gasteiger charge is -2.24. The van der Waals surface area contributed by atoms with Gasteiger partial charge >= 0.3 is 0 Å². The molecule has 0 spiro atoms. The number of benzene rings is 2. The third-order valence-electron chi connectivity index (χ3n) is 5.14. The second kappa shape index (κ2) is 9.28. The Morgan fingerprint density at radius 2 is 1.13 bits per heavy atom. The molecule has 4 aromatic rings. The lowest BCUT2D eigenvalue weighted by molar-refractivity contribution is -0.122. The normalized spacial score (nSPS) is 13.1. The van der Waals surface area contributed by atoms with E-state index in [-0.39, 0.29) is 17.6 Å². The van der Waals surface area contributed by atoms with Crippen LogP contribution in [-0.4, -0.2) is 24.9 Å². The van der Waals surface area contributed by atoms with Crippen molar-refractivity contribution < 1.29 is 4.79 Å². The summed E-state index contributed by atoms with van der Waals surface area (Å²) in [6, 6.07) is 14.9. The monoisotopic (exact) mass is 438 g/mol. The summed E-state index contributed by atoms with van der Waals surface area (Å²) < 4.78 is 3.85. The molecule has 0 saturated heterocycles. The summed E-state index contributed by atoms with van der Waals surface area (Å²) in [5.74, 6) is -0.608. The number of halogens is 2. The molecule has 7 heteroatoms. The Kier molecular flexibility index (Phi) is 6.31. The van der Waals surface area contributed by atoms with Crippen molar-refractivity contribution in [3.05, 3.63) is 107 Å². The molecule has 2 atom stereocenters. The maximum Gasteiger partial charge on any atom is 0.151 e. The zero-order valence-corrected chi connectivity index (χ0v) is 17.6. The number of hydrogen-bond donors (Lipinski definition) is 0. The van der Waals surface area contributed by atoms with Crippen molar-refractivity contribution in [1.29, 1.82) is 0 Å². The van der Waals surface area contributed by atoms with Crippen molar-refractivity contribution in [2.45, 2.75) is 24.9 Å². The van der Waals surface area contributed by atoms with Crippen LogP contribution in [0.3, 0.4) is 0 Å². The van der Waals surface area contributed by atoms with E-state index in [0.29, 0.717) is 23.1 Å². The molecule has 0 amide bonds. The molecule has 0 aliphatic carbocycles. The molecule has 0 aliphatic rings. The standard InChI is InChI=1S/C23H20Cl2N4O/c24-19-5-1-17(2-6-19)21(13-28-11-9-26-15-28)23(30)22(14-29-12-10-27-16-29)18-3-7-20(25)8-4-18/h1-12,15-16,21-22H,13-14H2. The van der Waals surface area contributed by atoms with Gasteiger partial charge in [-0.1, -0.05) is 47.5 Å². The maximum atomic E-state index is 13.9. The number of rotatable bonds is 8. The Bertz CT molecular complexity index is 988. The summed E-state index contributed by atoms with van der Waals surface area (Å²) >= 11 is 12.2. The minimum atomic E-state index is -0.360. The first-order valence-corrected chi connectivity index (χ1v) is 10.3. The van der Waals surface area contributed by atoms with Gasteiger partial charge in [0, 0.05) is 47.9 Å². The highest BCUT2D eigenvalue weighted by atomic mass is 35.5. The molecule has 30 heavy (non-hydrogen) atoms. The van der Waals surface area contributed by atoms with Crippen LogP contribution >= 0.6 is 23.2 Å². The molecule has 5 nitrogen and oxygen atoms in total. The van der Waals surface area contributed by atoms with Crippen molar-refractivity contribution in [3.8, 4) is 0 Å². The predicted molar refractivity (Wildman–Crippen MR) is 118 cm³/mol. The minimum absolute atomic E-state index is 0.113. The average molecular weight is 439 g/mol. The van der Waals surface area contributed by atoms with E-state index in [4.69, 9.17) is 23.2 Å². The number of Topliss-reactive ketones (excluding diaryl/α,β-unsaturated/α-hetero) is 1. The zero-order chi connectivity index (χ0) is 20.9. The van der Waals surface area contributed by atoms with Crippen LogP contribution in [0.2, 0.25) is 10.0 Å². The van der Waals surface area contributed by atoms with Crippen LogP contribution in [0, 0.1) is 0 Å². The van der Waals surface area contributed by atoms with Gasteiger partial charge in [-0.15, -0.1) is 0 Å². The lowest BCUT2D eigenvalue weighted by atomic mass is 9.83. The number of nitrogens with zero attached hydrogens (tertiary/aromatic N) is 4. The zero-order valence-electron chi connectivity index (χ0n) is 16.1. The van der Waals surface area contributed by atoms with Crippen LogP contribution in [-0.2, 0) is 17.9 Å². The van der Waals surface area contributed by atoms with Gasteiger partial charge in [-0.05, 0) is 35.4 Å². The number of aromatic nitrogens is 4. The van der Waals surface area contributed by atoms with Gasteiger partial charge in [0.05, 0.1) is 24.5 Å². The molecule has 0 fully saturated rings. The van der Waals surface area contributed by atoms with Gasteiger partial charge in [0.25, 0.3) is 0 Å². The van der Waals surface area contributed by atoms with E-state index in [2.05, 4.69) is 9.97 Å². The van der Waals surface area contributed by atoms with E-state index >= 15 is 0 Å². The van der Waals surface area contributed by atoms with Gasteiger partial charge in [0.1, 0.15) is 0 Å². The molecule has 0 bridgehead atoms. The molecule has 0 radical (unpaired) electrons. The van der Waals surface area contributed by atoms with E-state index in [1.165, 1.54) is 0 Å². The van der Waals surface area contributed by atoms with Crippen LogP contribution < -0.4 is 0 Å². The summed E-state index contributed by atoms with van der Waals surface area (Å²) in [5.41, 5.74) is 1.84. The van der Waals surface area contributed by atoms with Crippen LogP contribution in [0.25, 0.3) is 0 Å². The minimum Gasteiger partial charge on any atom is -0.336 e. The smallest absolute Gasteiger partial charge is 0.151 e.